The summed E-state index contributed by atoms with van der Waals surface area (Å²) in [5, 5.41) is 5.59. The second kappa shape index (κ2) is 9.04. The van der Waals surface area contributed by atoms with Crippen LogP contribution in [0.25, 0.3) is 0 Å². The first-order valence-corrected chi connectivity index (χ1v) is 10.1. The van der Waals surface area contributed by atoms with Gasteiger partial charge in [-0.05, 0) is 24.6 Å². The van der Waals surface area contributed by atoms with E-state index >= 15 is 0 Å². The molecular formula is C22H26N4O4. The van der Waals surface area contributed by atoms with Gasteiger partial charge in [0, 0.05) is 44.5 Å². The van der Waals surface area contributed by atoms with Crippen LogP contribution in [0.1, 0.15) is 12.5 Å². The van der Waals surface area contributed by atoms with Crippen molar-refractivity contribution in [2.45, 2.75) is 19.5 Å². The summed E-state index contributed by atoms with van der Waals surface area (Å²) in [6.07, 6.45) is 0. The highest BCUT2D eigenvalue weighted by molar-refractivity contribution is 5.97. The summed E-state index contributed by atoms with van der Waals surface area (Å²) in [6, 6.07) is 14.6. The summed E-state index contributed by atoms with van der Waals surface area (Å²) in [5.41, 5.74) is 1.86. The van der Waals surface area contributed by atoms with Crippen molar-refractivity contribution in [1.82, 2.24) is 15.1 Å². The Kier molecular flexibility index (Phi) is 6.04. The van der Waals surface area contributed by atoms with E-state index in [0.29, 0.717) is 30.3 Å². The van der Waals surface area contributed by atoms with E-state index in [-0.39, 0.29) is 18.7 Å². The van der Waals surface area contributed by atoms with Crippen molar-refractivity contribution in [3.05, 3.63) is 54.1 Å². The first-order chi connectivity index (χ1) is 14.6. The Bertz CT molecular complexity index is 897. The molecule has 2 aromatic rings. The van der Waals surface area contributed by atoms with Gasteiger partial charge in [-0.1, -0.05) is 30.3 Å². The van der Waals surface area contributed by atoms with Crippen molar-refractivity contribution in [2.24, 2.45) is 0 Å². The number of benzene rings is 2. The standard InChI is InChI=1S/C22H26N4O4/c1-16(21(27)24-18-7-8-19-20(13-18)30-15-29-19)23-22(28)26-11-9-25(10-12-26)14-17-5-3-2-4-6-17/h2-8,13,16H,9-12,14-15H2,1H3,(H,23,28)(H,24,27). The lowest BCUT2D eigenvalue weighted by atomic mass is 10.2. The SMILES string of the molecule is CC(NC(=O)N1CCN(Cc2ccccc2)CC1)C(=O)Nc1ccc2c(c1)OCO2. The third-order valence-electron chi connectivity index (χ3n) is 5.28. The number of anilines is 1. The molecule has 158 valence electrons. The summed E-state index contributed by atoms with van der Waals surface area (Å²) in [6.45, 7) is 5.61. The Hall–Kier alpha value is -3.26. The van der Waals surface area contributed by atoms with Crippen molar-refractivity contribution >= 4 is 17.6 Å². The van der Waals surface area contributed by atoms with Gasteiger partial charge in [-0.2, -0.15) is 0 Å². The number of hydrogen-bond acceptors (Lipinski definition) is 5. The van der Waals surface area contributed by atoms with Gasteiger partial charge in [0.15, 0.2) is 11.5 Å². The van der Waals surface area contributed by atoms with Gasteiger partial charge in [0.25, 0.3) is 0 Å². The number of rotatable bonds is 5. The molecule has 2 heterocycles. The van der Waals surface area contributed by atoms with Gasteiger partial charge < -0.3 is 25.0 Å². The Labute approximate surface area is 175 Å². The molecule has 1 fully saturated rings. The molecule has 4 rings (SSSR count). The fourth-order valence-corrected chi connectivity index (χ4v) is 3.52. The van der Waals surface area contributed by atoms with Crippen molar-refractivity contribution in [1.29, 1.82) is 0 Å². The van der Waals surface area contributed by atoms with Crippen LogP contribution in [0.3, 0.4) is 0 Å². The molecular weight excluding hydrogens is 384 g/mol. The second-order valence-electron chi connectivity index (χ2n) is 7.48. The monoisotopic (exact) mass is 410 g/mol. The first kappa shape index (κ1) is 20.0. The number of piperazine rings is 1. The molecule has 2 aliphatic heterocycles. The molecule has 0 aliphatic carbocycles. The molecule has 3 amide bonds. The highest BCUT2D eigenvalue weighted by atomic mass is 16.7. The predicted octanol–water partition coefficient (Wildman–Crippen LogP) is 2.27. The average Bonchev–Trinajstić information content (AvgIpc) is 3.23. The lowest BCUT2D eigenvalue weighted by Gasteiger charge is -2.35. The Balaban J connectivity index is 1.23. The molecule has 0 spiro atoms. The van der Waals surface area contributed by atoms with Crippen molar-refractivity contribution in [2.75, 3.05) is 38.3 Å². The van der Waals surface area contributed by atoms with Crippen LogP contribution in [0.5, 0.6) is 11.5 Å². The van der Waals surface area contributed by atoms with Crippen molar-refractivity contribution < 1.29 is 19.1 Å². The van der Waals surface area contributed by atoms with Crippen LogP contribution >= 0.6 is 0 Å². The first-order valence-electron chi connectivity index (χ1n) is 10.1. The fourth-order valence-electron chi connectivity index (χ4n) is 3.52. The van der Waals surface area contributed by atoms with Crippen molar-refractivity contribution in [3.8, 4) is 11.5 Å². The summed E-state index contributed by atoms with van der Waals surface area (Å²) >= 11 is 0. The molecule has 1 unspecified atom stereocenters. The zero-order valence-corrected chi connectivity index (χ0v) is 17.0. The number of nitrogens with one attached hydrogen (secondary N) is 2. The minimum absolute atomic E-state index is 0.178. The predicted molar refractivity (Wildman–Crippen MR) is 112 cm³/mol. The van der Waals surface area contributed by atoms with Gasteiger partial charge >= 0.3 is 6.03 Å². The molecule has 0 radical (unpaired) electrons. The molecule has 1 atom stereocenters. The molecule has 2 aromatic carbocycles. The largest absolute Gasteiger partial charge is 0.454 e. The van der Waals surface area contributed by atoms with Crippen LogP contribution in [0, 0.1) is 0 Å². The van der Waals surface area contributed by atoms with E-state index in [4.69, 9.17) is 9.47 Å². The molecule has 1 saturated heterocycles. The van der Waals surface area contributed by atoms with Crippen LogP contribution < -0.4 is 20.1 Å². The quantitative estimate of drug-likeness (QED) is 0.790. The molecule has 2 N–H and O–H groups in total. The maximum absolute atomic E-state index is 12.6. The zero-order valence-electron chi connectivity index (χ0n) is 17.0. The second-order valence-corrected chi connectivity index (χ2v) is 7.48. The van der Waals surface area contributed by atoms with E-state index in [2.05, 4.69) is 27.7 Å². The number of urea groups is 1. The van der Waals surface area contributed by atoms with Gasteiger partial charge in [0.1, 0.15) is 6.04 Å². The summed E-state index contributed by atoms with van der Waals surface area (Å²) in [7, 11) is 0. The Morgan fingerprint density at radius 2 is 1.73 bits per heavy atom. The molecule has 0 saturated carbocycles. The number of carbonyl (C=O) groups excluding carboxylic acids is 2. The van der Waals surface area contributed by atoms with E-state index in [1.165, 1.54) is 5.56 Å². The number of carbonyl (C=O) groups is 2. The van der Waals surface area contributed by atoms with Gasteiger partial charge in [0.2, 0.25) is 12.7 Å². The smallest absolute Gasteiger partial charge is 0.318 e. The number of amides is 3. The highest BCUT2D eigenvalue weighted by Gasteiger charge is 2.24. The van der Waals surface area contributed by atoms with Gasteiger partial charge in [0.05, 0.1) is 0 Å². The lowest BCUT2D eigenvalue weighted by molar-refractivity contribution is -0.117. The average molecular weight is 410 g/mol. The minimum atomic E-state index is -0.662. The maximum Gasteiger partial charge on any atom is 0.318 e. The van der Waals surface area contributed by atoms with Gasteiger partial charge in [-0.3, -0.25) is 9.69 Å². The zero-order chi connectivity index (χ0) is 20.9. The third-order valence-corrected chi connectivity index (χ3v) is 5.28. The lowest BCUT2D eigenvalue weighted by Crippen LogP contribution is -2.54. The number of ether oxygens (including phenoxy) is 2. The Morgan fingerprint density at radius 1 is 1.00 bits per heavy atom. The van der Waals surface area contributed by atoms with Crippen LogP contribution in [0.4, 0.5) is 10.5 Å². The van der Waals surface area contributed by atoms with E-state index in [0.717, 1.165) is 19.6 Å². The topological polar surface area (TPSA) is 83.1 Å². The van der Waals surface area contributed by atoms with Crippen LogP contribution in [-0.4, -0.2) is 60.8 Å². The Morgan fingerprint density at radius 3 is 2.50 bits per heavy atom. The normalized spacial score (nSPS) is 16.8. The van der Waals surface area contributed by atoms with Gasteiger partial charge in [-0.15, -0.1) is 0 Å². The van der Waals surface area contributed by atoms with E-state index in [1.807, 2.05) is 18.2 Å². The van der Waals surface area contributed by atoms with Crippen LogP contribution in [0.15, 0.2) is 48.5 Å². The minimum Gasteiger partial charge on any atom is -0.454 e. The number of fused-ring (bicyclic) bond motifs is 1. The van der Waals surface area contributed by atoms with E-state index in [9.17, 15) is 9.59 Å². The van der Waals surface area contributed by atoms with Crippen LogP contribution in [-0.2, 0) is 11.3 Å². The van der Waals surface area contributed by atoms with E-state index in [1.54, 1.807) is 30.0 Å². The summed E-state index contributed by atoms with van der Waals surface area (Å²) in [4.78, 5) is 29.1. The van der Waals surface area contributed by atoms with Crippen molar-refractivity contribution in [3.63, 3.8) is 0 Å². The third kappa shape index (κ3) is 4.83. The molecule has 0 aromatic heterocycles. The van der Waals surface area contributed by atoms with Gasteiger partial charge in [-0.25, -0.2) is 4.79 Å². The highest BCUT2D eigenvalue weighted by Crippen LogP contribution is 2.34. The molecule has 0 bridgehead atoms. The summed E-state index contributed by atoms with van der Waals surface area (Å²) < 4.78 is 10.6. The number of nitrogens with zero attached hydrogens (tertiary/aromatic N) is 2. The molecule has 30 heavy (non-hydrogen) atoms. The molecule has 8 heteroatoms. The number of hydrogen-bond donors (Lipinski definition) is 2. The maximum atomic E-state index is 12.6. The van der Waals surface area contributed by atoms with E-state index < -0.39 is 6.04 Å². The summed E-state index contributed by atoms with van der Waals surface area (Å²) in [5.74, 6) is 0.962. The molecule has 2 aliphatic rings. The fraction of sp³-hybridized carbons (Fsp3) is 0.364. The molecule has 8 nitrogen and oxygen atoms in total. The van der Waals surface area contributed by atoms with Crippen LogP contribution in [0.2, 0.25) is 0 Å².